The van der Waals surface area contributed by atoms with Crippen molar-refractivity contribution in [3.63, 3.8) is 0 Å². The molecule has 4 nitrogen and oxygen atoms in total. The van der Waals surface area contributed by atoms with Crippen molar-refractivity contribution < 1.29 is 9.59 Å². The Kier molecular flexibility index (Phi) is 6.33. The van der Waals surface area contributed by atoms with E-state index in [0.717, 1.165) is 71.9 Å². The van der Waals surface area contributed by atoms with Crippen LogP contribution in [-0.2, 0) is 0 Å². The molecule has 0 aromatic heterocycles. The lowest BCUT2D eigenvalue weighted by atomic mass is 9.87. The Balaban J connectivity index is 1.54. The van der Waals surface area contributed by atoms with Crippen LogP contribution < -0.4 is 0 Å². The Morgan fingerprint density at radius 3 is 1.19 bits per heavy atom. The molecule has 3 aromatic carbocycles. The zero-order valence-electron chi connectivity index (χ0n) is 18.8. The SMILES string of the molecule is O=C(CCN1CCCC1)c1c2ccccc2c(C(=O)CCN2CCCC2)c2ccccc12. The van der Waals surface area contributed by atoms with E-state index in [1.165, 1.54) is 25.7 Å². The van der Waals surface area contributed by atoms with E-state index in [2.05, 4.69) is 9.80 Å². The number of benzene rings is 3. The van der Waals surface area contributed by atoms with Crippen molar-refractivity contribution in [1.82, 2.24) is 9.80 Å². The Morgan fingerprint density at radius 1 is 0.562 bits per heavy atom. The molecule has 2 heterocycles. The average molecular weight is 429 g/mol. The molecule has 2 aliphatic rings. The normalized spacial score (nSPS) is 17.5. The van der Waals surface area contributed by atoms with Gasteiger partial charge in [0.1, 0.15) is 0 Å². The third-order valence-electron chi connectivity index (χ3n) is 7.20. The average Bonchev–Trinajstić information content (AvgIpc) is 3.53. The van der Waals surface area contributed by atoms with E-state index in [1.54, 1.807) is 0 Å². The second-order valence-corrected chi connectivity index (χ2v) is 9.29. The number of Topliss-reactive ketones (excluding diaryl/α,β-unsaturated/α-hetero) is 2. The summed E-state index contributed by atoms with van der Waals surface area (Å²) >= 11 is 0. The summed E-state index contributed by atoms with van der Waals surface area (Å²) in [6, 6.07) is 16.0. The van der Waals surface area contributed by atoms with Gasteiger partial charge in [-0.05, 0) is 73.4 Å². The van der Waals surface area contributed by atoms with Gasteiger partial charge in [-0.15, -0.1) is 0 Å². The highest BCUT2D eigenvalue weighted by atomic mass is 16.1. The Bertz CT molecular complexity index is 994. The molecule has 2 fully saturated rings. The summed E-state index contributed by atoms with van der Waals surface area (Å²) in [7, 11) is 0. The minimum atomic E-state index is 0.181. The molecule has 0 spiro atoms. The van der Waals surface area contributed by atoms with Crippen molar-refractivity contribution >= 4 is 33.1 Å². The van der Waals surface area contributed by atoms with Crippen LogP contribution in [0.25, 0.3) is 21.5 Å². The molecule has 0 atom stereocenters. The maximum Gasteiger partial charge on any atom is 0.165 e. The number of hydrogen-bond acceptors (Lipinski definition) is 4. The molecule has 0 aliphatic carbocycles. The van der Waals surface area contributed by atoms with E-state index in [-0.39, 0.29) is 11.6 Å². The fourth-order valence-corrected chi connectivity index (χ4v) is 5.51. The van der Waals surface area contributed by atoms with Crippen molar-refractivity contribution in [3.05, 3.63) is 59.7 Å². The number of ketones is 2. The van der Waals surface area contributed by atoms with E-state index in [4.69, 9.17) is 0 Å². The maximum absolute atomic E-state index is 13.5. The van der Waals surface area contributed by atoms with Crippen molar-refractivity contribution in [3.8, 4) is 0 Å². The smallest absolute Gasteiger partial charge is 0.165 e. The standard InChI is InChI=1S/C28H32N2O2/c31-25(13-19-29-15-5-6-16-29)27-21-9-1-2-10-22(21)28(24-12-4-3-11-23(24)27)26(32)14-20-30-17-7-8-18-30/h1-4,9-12H,5-8,13-20H2. The third kappa shape index (κ3) is 4.22. The molecule has 166 valence electrons. The first-order valence-corrected chi connectivity index (χ1v) is 12.2. The Hall–Kier alpha value is -2.56. The molecule has 4 heteroatoms. The van der Waals surface area contributed by atoms with Crippen LogP contribution in [0.2, 0.25) is 0 Å². The molecular weight excluding hydrogens is 396 g/mol. The van der Waals surface area contributed by atoms with Gasteiger partial charge in [0.2, 0.25) is 0 Å². The molecule has 5 rings (SSSR count). The maximum atomic E-state index is 13.5. The summed E-state index contributed by atoms with van der Waals surface area (Å²) in [6.45, 7) is 6.02. The van der Waals surface area contributed by atoms with Gasteiger partial charge in [-0.2, -0.15) is 0 Å². The van der Waals surface area contributed by atoms with E-state index in [1.807, 2.05) is 48.5 Å². The van der Waals surface area contributed by atoms with Gasteiger partial charge in [-0.25, -0.2) is 0 Å². The van der Waals surface area contributed by atoms with Crippen molar-refractivity contribution in [2.45, 2.75) is 38.5 Å². The van der Waals surface area contributed by atoms with Gasteiger partial charge in [-0.3, -0.25) is 9.59 Å². The van der Waals surface area contributed by atoms with Gasteiger partial charge in [-0.1, -0.05) is 48.5 Å². The summed E-state index contributed by atoms with van der Waals surface area (Å²) in [5, 5.41) is 3.67. The molecule has 0 amide bonds. The van der Waals surface area contributed by atoms with Crippen LogP contribution >= 0.6 is 0 Å². The predicted octanol–water partition coefficient (Wildman–Crippen LogP) is 5.33. The summed E-state index contributed by atoms with van der Waals surface area (Å²) in [6.07, 6.45) is 5.97. The van der Waals surface area contributed by atoms with Crippen LogP contribution in [0.4, 0.5) is 0 Å². The molecule has 32 heavy (non-hydrogen) atoms. The van der Waals surface area contributed by atoms with Crippen molar-refractivity contribution in [2.75, 3.05) is 39.3 Å². The number of carbonyl (C=O) groups excluding carboxylic acids is 2. The highest BCUT2D eigenvalue weighted by molar-refractivity contribution is 6.26. The second kappa shape index (κ2) is 9.51. The lowest BCUT2D eigenvalue weighted by Crippen LogP contribution is -2.23. The first-order valence-electron chi connectivity index (χ1n) is 12.2. The number of carbonyl (C=O) groups is 2. The summed E-state index contributed by atoms with van der Waals surface area (Å²) < 4.78 is 0. The minimum absolute atomic E-state index is 0.181. The molecular formula is C28H32N2O2. The van der Waals surface area contributed by atoms with Crippen LogP contribution in [-0.4, -0.2) is 60.6 Å². The van der Waals surface area contributed by atoms with Gasteiger partial charge in [0.15, 0.2) is 11.6 Å². The summed E-state index contributed by atoms with van der Waals surface area (Å²) in [4.78, 5) is 31.8. The van der Waals surface area contributed by atoms with Gasteiger partial charge < -0.3 is 9.80 Å². The minimum Gasteiger partial charge on any atom is -0.303 e. The lowest BCUT2D eigenvalue weighted by molar-refractivity contribution is 0.0962. The fourth-order valence-electron chi connectivity index (χ4n) is 5.51. The molecule has 2 aliphatic heterocycles. The predicted molar refractivity (Wildman–Crippen MR) is 131 cm³/mol. The van der Waals surface area contributed by atoms with E-state index < -0.39 is 0 Å². The fraction of sp³-hybridized carbons (Fsp3) is 0.429. The van der Waals surface area contributed by atoms with E-state index in [9.17, 15) is 9.59 Å². The third-order valence-corrected chi connectivity index (χ3v) is 7.20. The lowest BCUT2D eigenvalue weighted by Gasteiger charge is -2.18. The van der Waals surface area contributed by atoms with Gasteiger partial charge in [0.25, 0.3) is 0 Å². The van der Waals surface area contributed by atoms with Gasteiger partial charge in [0, 0.05) is 37.1 Å². The van der Waals surface area contributed by atoms with Gasteiger partial charge in [0.05, 0.1) is 0 Å². The number of fused-ring (bicyclic) bond motifs is 2. The van der Waals surface area contributed by atoms with Crippen LogP contribution in [0.15, 0.2) is 48.5 Å². The topological polar surface area (TPSA) is 40.6 Å². The molecule has 0 radical (unpaired) electrons. The van der Waals surface area contributed by atoms with E-state index >= 15 is 0 Å². The largest absolute Gasteiger partial charge is 0.303 e. The van der Waals surface area contributed by atoms with Crippen LogP contribution in [0.5, 0.6) is 0 Å². The van der Waals surface area contributed by atoms with Crippen LogP contribution in [0.1, 0.15) is 59.2 Å². The molecule has 2 saturated heterocycles. The number of rotatable bonds is 8. The number of likely N-dealkylation sites (tertiary alicyclic amines) is 2. The highest BCUT2D eigenvalue weighted by Crippen LogP contribution is 2.34. The first-order chi connectivity index (χ1) is 15.7. The van der Waals surface area contributed by atoms with Crippen molar-refractivity contribution in [1.29, 1.82) is 0 Å². The van der Waals surface area contributed by atoms with E-state index in [0.29, 0.717) is 12.8 Å². The Labute approximate surface area is 190 Å². The molecule has 3 aromatic rings. The molecule has 0 saturated carbocycles. The van der Waals surface area contributed by atoms with Crippen LogP contribution in [0.3, 0.4) is 0 Å². The zero-order chi connectivity index (χ0) is 21.9. The number of nitrogens with zero attached hydrogens (tertiary/aromatic N) is 2. The second-order valence-electron chi connectivity index (χ2n) is 9.29. The summed E-state index contributed by atoms with van der Waals surface area (Å²) in [5.74, 6) is 0.362. The number of hydrogen-bond donors (Lipinski definition) is 0. The monoisotopic (exact) mass is 428 g/mol. The highest BCUT2D eigenvalue weighted by Gasteiger charge is 2.23. The quantitative estimate of drug-likeness (QED) is 0.359. The van der Waals surface area contributed by atoms with Crippen molar-refractivity contribution in [2.24, 2.45) is 0 Å². The van der Waals surface area contributed by atoms with Gasteiger partial charge >= 0.3 is 0 Å². The Morgan fingerprint density at radius 2 is 0.875 bits per heavy atom. The zero-order valence-corrected chi connectivity index (χ0v) is 18.8. The van der Waals surface area contributed by atoms with Crippen LogP contribution in [0, 0.1) is 0 Å². The summed E-state index contributed by atoms with van der Waals surface area (Å²) in [5.41, 5.74) is 1.57. The first kappa shape index (κ1) is 21.3. The molecule has 0 N–H and O–H groups in total. The molecule has 0 unspecified atom stereocenters. The molecule has 0 bridgehead atoms.